The largest absolute Gasteiger partial charge is 0.370 e. The van der Waals surface area contributed by atoms with Gasteiger partial charge in [0.15, 0.2) is 0 Å². The third-order valence-corrected chi connectivity index (χ3v) is 2.83. The van der Waals surface area contributed by atoms with Crippen LogP contribution < -0.4 is 11.1 Å². The molecule has 1 aromatic heterocycles. The van der Waals surface area contributed by atoms with Crippen LogP contribution in [0.15, 0.2) is 16.3 Å². The maximum absolute atomic E-state index is 11.4. The van der Waals surface area contributed by atoms with Crippen LogP contribution in [0.5, 0.6) is 0 Å². The molecule has 2 amide bonds. The quantitative estimate of drug-likeness (QED) is 0.664. The predicted molar refractivity (Wildman–Crippen MR) is 57.7 cm³/mol. The third-order valence-electron chi connectivity index (χ3n) is 1.47. The first kappa shape index (κ1) is 11.1. The van der Waals surface area contributed by atoms with Gasteiger partial charge in [-0.1, -0.05) is 0 Å². The lowest BCUT2D eigenvalue weighted by Gasteiger charge is -2.00. The summed E-state index contributed by atoms with van der Waals surface area (Å²) < 4.78 is 0. The molecule has 1 heterocycles. The molecule has 0 spiro atoms. The smallest absolute Gasteiger partial charge is 0.261 e. The van der Waals surface area contributed by atoms with Crippen molar-refractivity contribution in [3.05, 3.63) is 16.3 Å². The van der Waals surface area contributed by atoms with E-state index in [1.165, 1.54) is 11.3 Å². The predicted octanol–water partition coefficient (Wildman–Crippen LogP) is 0.642. The van der Waals surface area contributed by atoms with Crippen LogP contribution in [0.3, 0.4) is 0 Å². The van der Waals surface area contributed by atoms with E-state index in [9.17, 15) is 9.59 Å². The summed E-state index contributed by atoms with van der Waals surface area (Å²) in [5.74, 6) is -0.622. The number of hydrogen-bond acceptors (Lipinski definition) is 4. The molecule has 0 aliphatic heterocycles. The molecule has 0 aliphatic carbocycles. The summed E-state index contributed by atoms with van der Waals surface area (Å²) >= 11 is 5.39. The standard InChI is InChI=1S/C8H10N2O2S2/c9-7(11)1-2-10-8(12)6-3-5(13)4-14-6/h3-4,13H,1-2H2,(H2,9,11)(H,10,12). The molecule has 0 bridgehead atoms. The van der Waals surface area contributed by atoms with Crippen LogP contribution in [0.2, 0.25) is 0 Å². The van der Waals surface area contributed by atoms with Crippen LogP contribution in [0.1, 0.15) is 16.1 Å². The van der Waals surface area contributed by atoms with E-state index in [4.69, 9.17) is 5.73 Å². The number of hydrogen-bond donors (Lipinski definition) is 3. The number of nitrogens with one attached hydrogen (secondary N) is 1. The average molecular weight is 230 g/mol. The van der Waals surface area contributed by atoms with Crippen molar-refractivity contribution in [2.24, 2.45) is 5.73 Å². The van der Waals surface area contributed by atoms with Crippen molar-refractivity contribution in [2.45, 2.75) is 11.3 Å². The Kier molecular flexibility index (Phi) is 3.97. The summed E-state index contributed by atoms with van der Waals surface area (Å²) in [7, 11) is 0. The number of primary amides is 1. The minimum absolute atomic E-state index is 0.158. The number of amides is 2. The van der Waals surface area contributed by atoms with E-state index < -0.39 is 5.91 Å². The Bertz CT molecular complexity index is 349. The monoisotopic (exact) mass is 230 g/mol. The van der Waals surface area contributed by atoms with Gasteiger partial charge in [-0.3, -0.25) is 9.59 Å². The van der Waals surface area contributed by atoms with E-state index >= 15 is 0 Å². The Morgan fingerprint density at radius 1 is 1.57 bits per heavy atom. The molecule has 0 atom stereocenters. The Morgan fingerprint density at radius 3 is 2.79 bits per heavy atom. The van der Waals surface area contributed by atoms with Crippen LogP contribution >= 0.6 is 24.0 Å². The van der Waals surface area contributed by atoms with E-state index in [2.05, 4.69) is 17.9 Å². The molecule has 14 heavy (non-hydrogen) atoms. The highest BCUT2D eigenvalue weighted by Gasteiger charge is 2.07. The minimum atomic E-state index is -0.425. The van der Waals surface area contributed by atoms with Crippen molar-refractivity contribution in [3.63, 3.8) is 0 Å². The Morgan fingerprint density at radius 2 is 2.29 bits per heavy atom. The van der Waals surface area contributed by atoms with Crippen molar-refractivity contribution < 1.29 is 9.59 Å². The lowest BCUT2D eigenvalue weighted by atomic mass is 10.4. The first-order valence-corrected chi connectivity index (χ1v) is 5.26. The molecule has 76 valence electrons. The van der Waals surface area contributed by atoms with Crippen molar-refractivity contribution in [1.82, 2.24) is 5.32 Å². The van der Waals surface area contributed by atoms with Gasteiger partial charge in [0.2, 0.25) is 5.91 Å². The first-order valence-electron chi connectivity index (χ1n) is 3.93. The van der Waals surface area contributed by atoms with Gasteiger partial charge in [-0.25, -0.2) is 0 Å². The molecular formula is C8H10N2O2S2. The fourth-order valence-electron chi connectivity index (χ4n) is 0.832. The molecule has 1 aromatic rings. The van der Waals surface area contributed by atoms with Gasteiger partial charge in [0.05, 0.1) is 4.88 Å². The molecule has 0 unspecified atom stereocenters. The zero-order valence-electron chi connectivity index (χ0n) is 7.32. The highest BCUT2D eigenvalue weighted by molar-refractivity contribution is 7.80. The van der Waals surface area contributed by atoms with Crippen LogP contribution in [-0.4, -0.2) is 18.4 Å². The van der Waals surface area contributed by atoms with Crippen LogP contribution in [0, 0.1) is 0 Å². The molecule has 3 N–H and O–H groups in total. The lowest BCUT2D eigenvalue weighted by molar-refractivity contribution is -0.117. The van der Waals surface area contributed by atoms with Crippen LogP contribution in [-0.2, 0) is 4.79 Å². The van der Waals surface area contributed by atoms with Gasteiger partial charge in [0, 0.05) is 23.2 Å². The molecule has 0 fully saturated rings. The number of thiophene rings is 1. The van der Waals surface area contributed by atoms with Crippen molar-refractivity contribution >= 4 is 35.8 Å². The number of nitrogens with two attached hydrogens (primary N) is 1. The van der Waals surface area contributed by atoms with Gasteiger partial charge < -0.3 is 11.1 Å². The van der Waals surface area contributed by atoms with Gasteiger partial charge in [-0.2, -0.15) is 0 Å². The van der Waals surface area contributed by atoms with E-state index in [1.807, 2.05) is 0 Å². The van der Waals surface area contributed by atoms with Crippen molar-refractivity contribution in [2.75, 3.05) is 6.54 Å². The van der Waals surface area contributed by atoms with Gasteiger partial charge in [-0.15, -0.1) is 24.0 Å². The number of carbonyl (C=O) groups is 2. The zero-order valence-corrected chi connectivity index (χ0v) is 9.03. The fourth-order valence-corrected chi connectivity index (χ4v) is 1.90. The van der Waals surface area contributed by atoms with Gasteiger partial charge in [0.25, 0.3) is 5.91 Å². The van der Waals surface area contributed by atoms with Gasteiger partial charge >= 0.3 is 0 Å². The summed E-state index contributed by atoms with van der Waals surface area (Å²) in [6, 6.07) is 1.67. The fraction of sp³-hybridized carbons (Fsp3) is 0.250. The third kappa shape index (κ3) is 3.39. The summed E-state index contributed by atoms with van der Waals surface area (Å²) in [5, 5.41) is 4.35. The highest BCUT2D eigenvalue weighted by Crippen LogP contribution is 2.17. The number of thiol groups is 1. The zero-order chi connectivity index (χ0) is 10.6. The summed E-state index contributed by atoms with van der Waals surface area (Å²) in [5.41, 5.74) is 4.92. The maximum Gasteiger partial charge on any atom is 0.261 e. The number of carbonyl (C=O) groups excluding carboxylic acids is 2. The topological polar surface area (TPSA) is 72.2 Å². The molecule has 0 radical (unpaired) electrons. The molecule has 0 aromatic carbocycles. The Labute approximate surface area is 90.9 Å². The molecule has 0 saturated carbocycles. The second-order valence-corrected chi connectivity index (χ2v) is 4.07. The van der Waals surface area contributed by atoms with E-state index in [0.29, 0.717) is 4.88 Å². The van der Waals surface area contributed by atoms with E-state index in [0.717, 1.165) is 4.90 Å². The molecule has 0 aliphatic rings. The molecule has 1 rings (SSSR count). The normalized spacial score (nSPS) is 9.79. The average Bonchev–Trinajstić information content (AvgIpc) is 2.51. The first-order chi connectivity index (χ1) is 6.59. The molecule has 6 heteroatoms. The van der Waals surface area contributed by atoms with Crippen LogP contribution in [0.4, 0.5) is 0 Å². The second kappa shape index (κ2) is 5.02. The minimum Gasteiger partial charge on any atom is -0.370 e. The summed E-state index contributed by atoms with van der Waals surface area (Å²) in [6.07, 6.45) is 0.158. The van der Waals surface area contributed by atoms with E-state index in [-0.39, 0.29) is 18.9 Å². The van der Waals surface area contributed by atoms with Crippen LogP contribution in [0.25, 0.3) is 0 Å². The summed E-state index contributed by atoms with van der Waals surface area (Å²) in [6.45, 7) is 0.272. The molecule has 0 saturated heterocycles. The Balaban J connectivity index is 2.39. The van der Waals surface area contributed by atoms with Gasteiger partial charge in [-0.05, 0) is 6.07 Å². The van der Waals surface area contributed by atoms with Gasteiger partial charge in [0.1, 0.15) is 0 Å². The lowest BCUT2D eigenvalue weighted by Crippen LogP contribution is -2.27. The number of rotatable bonds is 4. The van der Waals surface area contributed by atoms with Crippen molar-refractivity contribution in [1.29, 1.82) is 0 Å². The molecular weight excluding hydrogens is 220 g/mol. The maximum atomic E-state index is 11.4. The highest BCUT2D eigenvalue weighted by atomic mass is 32.1. The molecule has 4 nitrogen and oxygen atoms in total. The van der Waals surface area contributed by atoms with Crippen molar-refractivity contribution in [3.8, 4) is 0 Å². The SMILES string of the molecule is NC(=O)CCNC(=O)c1cc(S)cs1. The second-order valence-electron chi connectivity index (χ2n) is 2.64. The summed E-state index contributed by atoms with van der Waals surface area (Å²) in [4.78, 5) is 23.1. The van der Waals surface area contributed by atoms with E-state index in [1.54, 1.807) is 11.4 Å². The Hall–Kier alpha value is -1.01.